The molecule has 0 amide bonds. The van der Waals surface area contributed by atoms with Crippen LogP contribution in [0, 0.1) is 0 Å². The molecule has 0 saturated carbocycles. The Morgan fingerprint density at radius 1 is 1.21 bits per heavy atom. The number of pyridine rings is 1. The van der Waals surface area contributed by atoms with Gasteiger partial charge in [0.15, 0.2) is 0 Å². The van der Waals surface area contributed by atoms with Crippen LogP contribution in [0.25, 0.3) is 0 Å². The summed E-state index contributed by atoms with van der Waals surface area (Å²) in [6.45, 7) is 2.15. The number of alkyl halides is 1. The van der Waals surface area contributed by atoms with Crippen LogP contribution in [0.1, 0.15) is 18.1 Å². The van der Waals surface area contributed by atoms with Crippen molar-refractivity contribution >= 4 is 34.7 Å². The molecule has 4 heteroatoms. The van der Waals surface area contributed by atoms with E-state index in [1.807, 2.05) is 18.0 Å². The maximum atomic E-state index is 6.02. The molecule has 0 spiro atoms. The minimum Gasteiger partial charge on any atom is -0.329 e. The zero-order valence-corrected chi connectivity index (χ0v) is 12.5. The first-order chi connectivity index (χ1) is 9.15. The van der Waals surface area contributed by atoms with Gasteiger partial charge in [0.1, 0.15) is 5.82 Å². The van der Waals surface area contributed by atoms with Gasteiger partial charge in [-0.2, -0.15) is 0 Å². The Labute approximate surface area is 124 Å². The summed E-state index contributed by atoms with van der Waals surface area (Å²) in [4.78, 5) is 6.36. The number of benzene rings is 1. The molecule has 0 N–H and O–H groups in total. The standard InChI is InChI=1S/C15H16Cl2N2/c1-3-11-4-6-13(7-5-11)19(2)15-8-12(9-16)14(17)10-18-15/h4-8,10H,3,9H2,1-2H3. The molecule has 1 aromatic carbocycles. The second-order valence-corrected chi connectivity index (χ2v) is 5.02. The van der Waals surface area contributed by atoms with Gasteiger partial charge in [0.2, 0.25) is 0 Å². The van der Waals surface area contributed by atoms with E-state index in [2.05, 4.69) is 36.2 Å². The molecule has 0 radical (unpaired) electrons. The molecule has 2 rings (SSSR count). The van der Waals surface area contributed by atoms with Crippen LogP contribution in [0.2, 0.25) is 5.02 Å². The van der Waals surface area contributed by atoms with Crippen molar-refractivity contribution in [2.75, 3.05) is 11.9 Å². The molecule has 0 fully saturated rings. The lowest BCUT2D eigenvalue weighted by atomic mass is 10.1. The number of aromatic nitrogens is 1. The van der Waals surface area contributed by atoms with Crippen molar-refractivity contribution < 1.29 is 0 Å². The Morgan fingerprint density at radius 3 is 2.47 bits per heavy atom. The molecule has 0 saturated heterocycles. The van der Waals surface area contributed by atoms with Crippen molar-refractivity contribution in [1.29, 1.82) is 0 Å². The van der Waals surface area contributed by atoms with Gasteiger partial charge in [-0.05, 0) is 35.7 Å². The summed E-state index contributed by atoms with van der Waals surface area (Å²) in [5, 5.41) is 0.605. The van der Waals surface area contributed by atoms with E-state index in [-0.39, 0.29) is 0 Å². The molecule has 0 aliphatic carbocycles. The molecule has 0 bridgehead atoms. The SMILES string of the molecule is CCc1ccc(N(C)c2cc(CCl)c(Cl)cn2)cc1. The molecular formula is C15H16Cl2N2. The molecule has 19 heavy (non-hydrogen) atoms. The van der Waals surface area contributed by atoms with E-state index >= 15 is 0 Å². The van der Waals surface area contributed by atoms with Crippen molar-refractivity contribution in [2.24, 2.45) is 0 Å². The van der Waals surface area contributed by atoms with Crippen molar-refractivity contribution in [2.45, 2.75) is 19.2 Å². The summed E-state index contributed by atoms with van der Waals surface area (Å²) in [6.07, 6.45) is 2.69. The zero-order valence-electron chi connectivity index (χ0n) is 11.0. The maximum absolute atomic E-state index is 6.02. The Balaban J connectivity index is 2.29. The highest BCUT2D eigenvalue weighted by Crippen LogP contribution is 2.26. The van der Waals surface area contributed by atoms with Crippen LogP contribution in [-0.2, 0) is 12.3 Å². The normalized spacial score (nSPS) is 10.5. The van der Waals surface area contributed by atoms with Crippen LogP contribution < -0.4 is 4.90 Å². The van der Waals surface area contributed by atoms with Gasteiger partial charge in [0.25, 0.3) is 0 Å². The van der Waals surface area contributed by atoms with Crippen LogP contribution in [-0.4, -0.2) is 12.0 Å². The van der Waals surface area contributed by atoms with Crippen molar-refractivity contribution in [1.82, 2.24) is 4.98 Å². The highest BCUT2D eigenvalue weighted by Gasteiger charge is 2.08. The van der Waals surface area contributed by atoms with Gasteiger partial charge in [-0.15, -0.1) is 11.6 Å². The first kappa shape index (κ1) is 14.2. The fourth-order valence-corrected chi connectivity index (χ4v) is 2.30. The zero-order chi connectivity index (χ0) is 13.8. The molecule has 0 unspecified atom stereocenters. The molecule has 0 aliphatic heterocycles. The highest BCUT2D eigenvalue weighted by molar-refractivity contribution is 6.32. The maximum Gasteiger partial charge on any atom is 0.133 e. The fraction of sp³-hybridized carbons (Fsp3) is 0.267. The van der Waals surface area contributed by atoms with E-state index in [1.54, 1.807) is 6.20 Å². The minimum absolute atomic E-state index is 0.386. The number of nitrogens with zero attached hydrogens (tertiary/aromatic N) is 2. The molecule has 2 aromatic rings. The molecule has 0 aliphatic rings. The van der Waals surface area contributed by atoms with Gasteiger partial charge in [0, 0.05) is 24.8 Å². The quantitative estimate of drug-likeness (QED) is 0.753. The van der Waals surface area contributed by atoms with Crippen LogP contribution >= 0.6 is 23.2 Å². The number of aryl methyl sites for hydroxylation is 1. The lowest BCUT2D eigenvalue weighted by Crippen LogP contribution is -2.11. The van der Waals surface area contributed by atoms with Crippen LogP contribution in [0.5, 0.6) is 0 Å². The average Bonchev–Trinajstić information content (AvgIpc) is 2.47. The molecule has 2 nitrogen and oxygen atoms in total. The van der Waals surface area contributed by atoms with E-state index in [0.29, 0.717) is 10.9 Å². The summed E-state index contributed by atoms with van der Waals surface area (Å²) in [5.41, 5.74) is 3.31. The lowest BCUT2D eigenvalue weighted by molar-refractivity contribution is 1.10. The number of hydrogen-bond donors (Lipinski definition) is 0. The summed E-state index contributed by atoms with van der Waals surface area (Å²) in [5.74, 6) is 1.22. The van der Waals surface area contributed by atoms with Crippen molar-refractivity contribution in [3.8, 4) is 0 Å². The Hall–Kier alpha value is -1.25. The predicted octanol–water partition coefficient (Wildman–Crippen LogP) is 4.80. The number of anilines is 2. The monoisotopic (exact) mass is 294 g/mol. The van der Waals surface area contributed by atoms with E-state index in [0.717, 1.165) is 23.5 Å². The van der Waals surface area contributed by atoms with Gasteiger partial charge in [0.05, 0.1) is 5.02 Å². The highest BCUT2D eigenvalue weighted by atomic mass is 35.5. The molecule has 100 valence electrons. The van der Waals surface area contributed by atoms with E-state index in [9.17, 15) is 0 Å². The fourth-order valence-electron chi connectivity index (χ4n) is 1.84. The summed E-state index contributed by atoms with van der Waals surface area (Å²) >= 11 is 11.9. The van der Waals surface area contributed by atoms with E-state index in [1.165, 1.54) is 5.56 Å². The smallest absolute Gasteiger partial charge is 0.133 e. The third kappa shape index (κ3) is 3.20. The van der Waals surface area contributed by atoms with E-state index in [4.69, 9.17) is 23.2 Å². The molecule has 0 atom stereocenters. The second kappa shape index (κ2) is 6.27. The third-order valence-electron chi connectivity index (χ3n) is 3.14. The first-order valence-electron chi connectivity index (χ1n) is 6.18. The lowest BCUT2D eigenvalue weighted by Gasteiger charge is -2.19. The van der Waals surface area contributed by atoms with Gasteiger partial charge >= 0.3 is 0 Å². The molecule has 1 heterocycles. The second-order valence-electron chi connectivity index (χ2n) is 4.35. The Kier molecular flexibility index (Phi) is 4.67. The number of halogens is 2. The number of hydrogen-bond acceptors (Lipinski definition) is 2. The van der Waals surface area contributed by atoms with Gasteiger partial charge in [-0.3, -0.25) is 0 Å². The third-order valence-corrected chi connectivity index (χ3v) is 3.77. The van der Waals surface area contributed by atoms with Crippen molar-refractivity contribution in [3.63, 3.8) is 0 Å². The molecule has 1 aromatic heterocycles. The summed E-state index contributed by atoms with van der Waals surface area (Å²) < 4.78 is 0. The van der Waals surface area contributed by atoms with Gasteiger partial charge in [-0.1, -0.05) is 30.7 Å². The molecular weight excluding hydrogens is 279 g/mol. The predicted molar refractivity (Wildman–Crippen MR) is 82.7 cm³/mol. The minimum atomic E-state index is 0.386. The number of rotatable bonds is 4. The van der Waals surface area contributed by atoms with Gasteiger partial charge in [-0.25, -0.2) is 4.98 Å². The van der Waals surface area contributed by atoms with Crippen LogP contribution in [0.4, 0.5) is 11.5 Å². The largest absolute Gasteiger partial charge is 0.329 e. The van der Waals surface area contributed by atoms with Crippen LogP contribution in [0.15, 0.2) is 36.5 Å². The Bertz CT molecular complexity index is 553. The Morgan fingerprint density at radius 2 is 1.89 bits per heavy atom. The summed E-state index contributed by atoms with van der Waals surface area (Å²) in [6, 6.07) is 10.4. The van der Waals surface area contributed by atoms with E-state index < -0.39 is 0 Å². The van der Waals surface area contributed by atoms with Crippen LogP contribution in [0.3, 0.4) is 0 Å². The average molecular weight is 295 g/mol. The first-order valence-corrected chi connectivity index (χ1v) is 7.10. The topological polar surface area (TPSA) is 16.1 Å². The van der Waals surface area contributed by atoms with Crippen molar-refractivity contribution in [3.05, 3.63) is 52.7 Å². The summed E-state index contributed by atoms with van der Waals surface area (Å²) in [7, 11) is 1.98. The van der Waals surface area contributed by atoms with Gasteiger partial charge < -0.3 is 4.90 Å².